The average Bonchev–Trinajstić information content (AvgIpc) is 2.79. The number of halogens is 2. The molecule has 6 heteroatoms. The van der Waals surface area contributed by atoms with Gasteiger partial charge in [-0.3, -0.25) is 4.79 Å². The van der Waals surface area contributed by atoms with Crippen molar-refractivity contribution < 1.29 is 4.79 Å². The van der Waals surface area contributed by atoms with Crippen molar-refractivity contribution in [3.05, 3.63) is 97.5 Å². The van der Waals surface area contributed by atoms with Gasteiger partial charge >= 0.3 is 0 Å². The molecule has 0 saturated carbocycles. The molecular weight excluding hydrogens is 465 g/mol. The van der Waals surface area contributed by atoms with Gasteiger partial charge in [0.2, 0.25) is 5.91 Å². The molecule has 4 N–H and O–H groups in total. The maximum Gasteiger partial charge on any atom is 0.237 e. The van der Waals surface area contributed by atoms with Gasteiger partial charge in [0.1, 0.15) is 0 Å². The topological polar surface area (TPSA) is 67.2 Å². The van der Waals surface area contributed by atoms with Crippen LogP contribution in [0.1, 0.15) is 51.4 Å². The van der Waals surface area contributed by atoms with E-state index < -0.39 is 6.04 Å². The Kier molecular flexibility index (Phi) is 7.51. The highest BCUT2D eigenvalue weighted by Crippen LogP contribution is 2.33. The van der Waals surface area contributed by atoms with E-state index in [0.717, 1.165) is 40.9 Å². The molecule has 0 unspecified atom stereocenters. The second kappa shape index (κ2) is 10.4. The van der Waals surface area contributed by atoms with Crippen LogP contribution in [0.2, 0.25) is 10.0 Å². The zero-order valence-electron chi connectivity index (χ0n) is 19.8. The van der Waals surface area contributed by atoms with Gasteiger partial charge in [0.25, 0.3) is 0 Å². The van der Waals surface area contributed by atoms with E-state index in [0.29, 0.717) is 22.9 Å². The van der Waals surface area contributed by atoms with E-state index in [-0.39, 0.29) is 11.9 Å². The summed E-state index contributed by atoms with van der Waals surface area (Å²) in [6, 6.07) is 15.4. The molecule has 0 spiro atoms. The summed E-state index contributed by atoms with van der Waals surface area (Å²) >= 11 is 12.8. The number of fused-ring (bicyclic) bond motifs is 1. The van der Waals surface area contributed by atoms with Crippen LogP contribution in [0.25, 0.3) is 0 Å². The normalized spacial score (nSPS) is 15.9. The molecule has 4 rings (SSSR count). The summed E-state index contributed by atoms with van der Waals surface area (Å²) in [5, 5.41) is 7.94. The fourth-order valence-corrected chi connectivity index (χ4v) is 5.39. The minimum Gasteiger partial charge on any atom is -0.385 e. The zero-order chi connectivity index (χ0) is 24.4. The van der Waals surface area contributed by atoms with Gasteiger partial charge in [-0.2, -0.15) is 0 Å². The summed E-state index contributed by atoms with van der Waals surface area (Å²) in [6.07, 6.45) is 1.94. The molecule has 1 aliphatic heterocycles. The Morgan fingerprint density at radius 3 is 2.41 bits per heavy atom. The first-order chi connectivity index (χ1) is 16.2. The number of benzene rings is 3. The van der Waals surface area contributed by atoms with Gasteiger partial charge in [0.05, 0.1) is 12.1 Å². The molecule has 0 aliphatic carbocycles. The van der Waals surface area contributed by atoms with Gasteiger partial charge < -0.3 is 16.4 Å². The molecule has 2 atom stereocenters. The van der Waals surface area contributed by atoms with Crippen LogP contribution in [0.5, 0.6) is 0 Å². The number of aryl methyl sites for hydroxylation is 3. The standard InChI is InChI=1S/C28H31Cl2N3O/c1-16-11-17(2)20(18(3)12-16)15-25(31)28(34)33-27-9-10-32-26-8-7-19(14-22(26)27)13-21-23(29)5-4-6-24(21)30/h4-8,11-12,14,25,27,32H,9-10,13,15,31H2,1-3H3,(H,33,34)/t25-,27+/m0/s1. The van der Waals surface area contributed by atoms with Crippen molar-refractivity contribution in [3.63, 3.8) is 0 Å². The number of amides is 1. The monoisotopic (exact) mass is 495 g/mol. The molecule has 0 saturated heterocycles. The molecule has 4 nitrogen and oxygen atoms in total. The van der Waals surface area contributed by atoms with E-state index in [1.165, 1.54) is 16.7 Å². The van der Waals surface area contributed by atoms with Crippen molar-refractivity contribution in [3.8, 4) is 0 Å². The molecule has 1 heterocycles. The van der Waals surface area contributed by atoms with Gasteiger partial charge in [0, 0.05) is 28.7 Å². The van der Waals surface area contributed by atoms with Crippen LogP contribution in [0.4, 0.5) is 5.69 Å². The Bertz CT molecular complexity index is 1180. The Morgan fingerprint density at radius 2 is 1.74 bits per heavy atom. The van der Waals surface area contributed by atoms with Crippen molar-refractivity contribution in [1.29, 1.82) is 0 Å². The minimum absolute atomic E-state index is 0.100. The first kappa shape index (κ1) is 24.6. The molecule has 1 amide bonds. The van der Waals surface area contributed by atoms with E-state index in [4.69, 9.17) is 28.9 Å². The predicted octanol–water partition coefficient (Wildman–Crippen LogP) is 6.05. The number of anilines is 1. The molecule has 0 bridgehead atoms. The number of hydrogen-bond donors (Lipinski definition) is 3. The highest BCUT2D eigenvalue weighted by Gasteiger charge is 2.25. The van der Waals surface area contributed by atoms with Crippen LogP contribution < -0.4 is 16.4 Å². The van der Waals surface area contributed by atoms with Crippen LogP contribution in [-0.4, -0.2) is 18.5 Å². The SMILES string of the molecule is Cc1cc(C)c(C[C@H](N)C(=O)N[C@@H]2CCNc3ccc(Cc4c(Cl)cccc4Cl)cc32)c(C)c1. The van der Waals surface area contributed by atoms with Crippen molar-refractivity contribution in [1.82, 2.24) is 5.32 Å². The molecule has 178 valence electrons. The maximum absolute atomic E-state index is 13.1. The number of carbonyl (C=O) groups is 1. The zero-order valence-corrected chi connectivity index (χ0v) is 21.4. The molecule has 34 heavy (non-hydrogen) atoms. The smallest absolute Gasteiger partial charge is 0.237 e. The van der Waals surface area contributed by atoms with Crippen LogP contribution in [0, 0.1) is 20.8 Å². The fourth-order valence-electron chi connectivity index (χ4n) is 4.86. The Balaban J connectivity index is 1.51. The summed E-state index contributed by atoms with van der Waals surface area (Å²) in [6.45, 7) is 7.03. The van der Waals surface area contributed by atoms with Crippen LogP contribution >= 0.6 is 23.2 Å². The Labute approximate surface area is 211 Å². The van der Waals surface area contributed by atoms with Gasteiger partial charge in [-0.15, -0.1) is 0 Å². The second-order valence-electron chi connectivity index (χ2n) is 9.26. The lowest BCUT2D eigenvalue weighted by Gasteiger charge is -2.29. The molecule has 0 aromatic heterocycles. The Morgan fingerprint density at radius 1 is 1.06 bits per heavy atom. The summed E-state index contributed by atoms with van der Waals surface area (Å²) in [7, 11) is 0. The number of rotatable bonds is 6. The van der Waals surface area contributed by atoms with E-state index >= 15 is 0 Å². The number of carbonyl (C=O) groups excluding carboxylic acids is 1. The fraction of sp³-hybridized carbons (Fsp3) is 0.321. The lowest BCUT2D eigenvalue weighted by Crippen LogP contribution is -2.44. The van der Waals surface area contributed by atoms with Gasteiger partial charge in [-0.1, -0.05) is 59.1 Å². The van der Waals surface area contributed by atoms with Crippen LogP contribution in [0.3, 0.4) is 0 Å². The van der Waals surface area contributed by atoms with Crippen molar-refractivity contribution in [2.45, 2.75) is 52.1 Å². The highest BCUT2D eigenvalue weighted by molar-refractivity contribution is 6.36. The first-order valence-corrected chi connectivity index (χ1v) is 12.4. The van der Waals surface area contributed by atoms with Gasteiger partial charge in [-0.25, -0.2) is 0 Å². The van der Waals surface area contributed by atoms with Crippen molar-refractivity contribution in [2.24, 2.45) is 5.73 Å². The average molecular weight is 496 g/mol. The summed E-state index contributed by atoms with van der Waals surface area (Å²) in [4.78, 5) is 13.1. The van der Waals surface area contributed by atoms with Crippen LogP contribution in [0.15, 0.2) is 48.5 Å². The predicted molar refractivity (Wildman–Crippen MR) is 142 cm³/mol. The van der Waals surface area contributed by atoms with E-state index in [2.05, 4.69) is 61.7 Å². The van der Waals surface area contributed by atoms with Gasteiger partial charge in [0.15, 0.2) is 0 Å². The highest BCUT2D eigenvalue weighted by atomic mass is 35.5. The number of hydrogen-bond acceptors (Lipinski definition) is 3. The Hall–Kier alpha value is -2.53. The molecule has 3 aromatic rings. The number of nitrogens with two attached hydrogens (primary N) is 1. The lowest BCUT2D eigenvalue weighted by molar-refractivity contribution is -0.123. The summed E-state index contributed by atoms with van der Waals surface area (Å²) < 4.78 is 0. The summed E-state index contributed by atoms with van der Waals surface area (Å²) in [5.74, 6) is -0.128. The molecular formula is C28H31Cl2N3O. The van der Waals surface area contributed by atoms with Gasteiger partial charge in [-0.05, 0) is 85.2 Å². The van der Waals surface area contributed by atoms with Crippen LogP contribution in [-0.2, 0) is 17.6 Å². The van der Waals surface area contributed by atoms with Crippen molar-refractivity contribution >= 4 is 34.8 Å². The maximum atomic E-state index is 13.1. The minimum atomic E-state index is -0.608. The quantitative estimate of drug-likeness (QED) is 0.389. The second-order valence-corrected chi connectivity index (χ2v) is 10.1. The first-order valence-electron chi connectivity index (χ1n) is 11.6. The molecule has 0 fully saturated rings. The van der Waals surface area contributed by atoms with E-state index in [1.807, 2.05) is 18.2 Å². The molecule has 1 aliphatic rings. The summed E-state index contributed by atoms with van der Waals surface area (Å²) in [5.41, 5.74) is 15.2. The number of nitrogens with one attached hydrogen (secondary N) is 2. The molecule has 3 aromatic carbocycles. The third-order valence-electron chi connectivity index (χ3n) is 6.60. The van der Waals surface area contributed by atoms with Crippen molar-refractivity contribution in [2.75, 3.05) is 11.9 Å². The molecule has 0 radical (unpaired) electrons. The van der Waals surface area contributed by atoms with E-state index in [9.17, 15) is 4.79 Å². The third kappa shape index (κ3) is 5.41. The lowest BCUT2D eigenvalue weighted by atomic mass is 9.92. The third-order valence-corrected chi connectivity index (χ3v) is 7.31. The van der Waals surface area contributed by atoms with E-state index in [1.54, 1.807) is 0 Å². The largest absolute Gasteiger partial charge is 0.385 e.